The molecule has 4 nitrogen and oxygen atoms in total. The van der Waals surface area contributed by atoms with E-state index >= 15 is 0 Å². The third-order valence-corrected chi connectivity index (χ3v) is 4.78. The van der Waals surface area contributed by atoms with E-state index in [4.69, 9.17) is 9.47 Å². The smallest absolute Gasteiger partial charge is 0.119 e. The van der Waals surface area contributed by atoms with Crippen molar-refractivity contribution in [1.82, 2.24) is 5.32 Å². The molecule has 2 N–H and O–H groups in total. The molecule has 152 valence electrons. The first-order chi connectivity index (χ1) is 14.2. The summed E-state index contributed by atoms with van der Waals surface area (Å²) in [4.78, 5) is 0. The van der Waals surface area contributed by atoms with Gasteiger partial charge in [0.25, 0.3) is 0 Å². The van der Waals surface area contributed by atoms with Gasteiger partial charge >= 0.3 is 0 Å². The third-order valence-electron chi connectivity index (χ3n) is 4.78. The Bertz CT molecular complexity index is 849. The van der Waals surface area contributed by atoms with Crippen LogP contribution in [0.1, 0.15) is 23.1 Å². The highest BCUT2D eigenvalue weighted by atomic mass is 16.5. The van der Waals surface area contributed by atoms with E-state index in [-0.39, 0.29) is 6.10 Å². The minimum Gasteiger partial charge on any atom is -0.497 e. The summed E-state index contributed by atoms with van der Waals surface area (Å²) >= 11 is 0. The zero-order valence-corrected chi connectivity index (χ0v) is 16.9. The Labute approximate surface area is 173 Å². The molecular formula is C25H29NO3. The topological polar surface area (TPSA) is 50.7 Å². The summed E-state index contributed by atoms with van der Waals surface area (Å²) < 4.78 is 11.0. The predicted octanol–water partition coefficient (Wildman–Crippen LogP) is 4.36. The summed E-state index contributed by atoms with van der Waals surface area (Å²) in [6, 6.07) is 26.2. The molecule has 3 aromatic rings. The van der Waals surface area contributed by atoms with Crippen LogP contribution in [0, 0.1) is 0 Å². The Morgan fingerprint density at radius 1 is 0.828 bits per heavy atom. The molecule has 0 heterocycles. The summed E-state index contributed by atoms with van der Waals surface area (Å²) in [6.07, 6.45) is 1.17. The van der Waals surface area contributed by atoms with Gasteiger partial charge in [-0.05, 0) is 53.8 Å². The quantitative estimate of drug-likeness (QED) is 0.510. The van der Waals surface area contributed by atoms with Crippen LogP contribution in [0.25, 0.3) is 0 Å². The number of aliphatic hydroxyl groups is 1. The van der Waals surface area contributed by atoms with Crippen LogP contribution in [0.4, 0.5) is 0 Å². The van der Waals surface area contributed by atoms with Crippen molar-refractivity contribution in [2.75, 3.05) is 13.7 Å². The van der Waals surface area contributed by atoms with Gasteiger partial charge in [0, 0.05) is 13.1 Å². The lowest BCUT2D eigenvalue weighted by Gasteiger charge is -2.13. The average Bonchev–Trinajstić information content (AvgIpc) is 2.78. The molecule has 3 rings (SSSR count). The molecular weight excluding hydrogens is 362 g/mol. The first kappa shape index (κ1) is 20.9. The molecule has 0 aliphatic heterocycles. The molecule has 0 saturated heterocycles. The van der Waals surface area contributed by atoms with Crippen LogP contribution in [0.3, 0.4) is 0 Å². The maximum atomic E-state index is 10.2. The van der Waals surface area contributed by atoms with Gasteiger partial charge in [-0.1, -0.05) is 54.6 Å². The van der Waals surface area contributed by atoms with Crippen LogP contribution < -0.4 is 14.8 Å². The van der Waals surface area contributed by atoms with E-state index in [1.54, 1.807) is 7.11 Å². The molecule has 0 amide bonds. The fourth-order valence-electron chi connectivity index (χ4n) is 3.09. The minimum absolute atomic E-state index is 0.380. The normalized spacial score (nSPS) is 11.8. The summed E-state index contributed by atoms with van der Waals surface area (Å²) in [5.74, 6) is 1.71. The molecule has 29 heavy (non-hydrogen) atoms. The highest BCUT2D eigenvalue weighted by Gasteiger charge is 2.05. The number of benzene rings is 3. The van der Waals surface area contributed by atoms with E-state index in [1.807, 2.05) is 54.6 Å². The fraction of sp³-hybridized carbons (Fsp3) is 0.280. The Morgan fingerprint density at radius 3 is 2.34 bits per heavy atom. The van der Waals surface area contributed by atoms with E-state index in [2.05, 4.69) is 29.6 Å². The molecule has 0 aromatic heterocycles. The number of methoxy groups -OCH3 is 1. The highest BCUT2D eigenvalue weighted by Crippen LogP contribution is 2.16. The molecule has 0 radical (unpaired) electrons. The number of ether oxygens (including phenoxy) is 2. The summed E-state index contributed by atoms with van der Waals surface area (Å²) in [7, 11) is 1.66. The Morgan fingerprint density at radius 2 is 1.59 bits per heavy atom. The fourth-order valence-corrected chi connectivity index (χ4v) is 3.09. The van der Waals surface area contributed by atoms with Gasteiger partial charge in [-0.15, -0.1) is 0 Å². The van der Waals surface area contributed by atoms with E-state index in [0.29, 0.717) is 19.7 Å². The number of hydrogen-bond acceptors (Lipinski definition) is 4. The summed E-state index contributed by atoms with van der Waals surface area (Å²) in [5, 5.41) is 13.5. The second kappa shape index (κ2) is 11.2. The van der Waals surface area contributed by atoms with Crippen molar-refractivity contribution in [2.45, 2.75) is 32.1 Å². The number of nitrogens with one attached hydrogen (secondary N) is 1. The molecule has 0 fully saturated rings. The van der Waals surface area contributed by atoms with Crippen molar-refractivity contribution in [2.24, 2.45) is 0 Å². The number of rotatable bonds is 11. The number of aryl methyl sites for hydroxylation is 1. The first-order valence-corrected chi connectivity index (χ1v) is 10.0. The Balaban J connectivity index is 1.35. The van der Waals surface area contributed by atoms with Gasteiger partial charge in [0.15, 0.2) is 0 Å². The summed E-state index contributed by atoms with van der Waals surface area (Å²) in [6.45, 7) is 1.84. The van der Waals surface area contributed by atoms with Crippen LogP contribution in [0.2, 0.25) is 0 Å². The molecule has 0 bridgehead atoms. The Hall–Kier alpha value is -2.82. The van der Waals surface area contributed by atoms with Gasteiger partial charge in [0.2, 0.25) is 0 Å². The number of aliphatic hydroxyl groups excluding tert-OH is 1. The first-order valence-electron chi connectivity index (χ1n) is 10.0. The van der Waals surface area contributed by atoms with Crippen molar-refractivity contribution in [3.05, 3.63) is 95.6 Å². The third kappa shape index (κ3) is 7.26. The van der Waals surface area contributed by atoms with Crippen molar-refractivity contribution in [3.63, 3.8) is 0 Å². The molecule has 1 atom stereocenters. The van der Waals surface area contributed by atoms with Crippen LogP contribution in [-0.2, 0) is 19.6 Å². The van der Waals surface area contributed by atoms with E-state index in [9.17, 15) is 5.11 Å². The summed E-state index contributed by atoms with van der Waals surface area (Å²) in [5.41, 5.74) is 3.49. The maximum absolute atomic E-state index is 10.2. The predicted molar refractivity (Wildman–Crippen MR) is 116 cm³/mol. The number of hydrogen-bond donors (Lipinski definition) is 2. The molecule has 0 unspecified atom stereocenters. The second-order valence-electron chi connectivity index (χ2n) is 7.09. The van der Waals surface area contributed by atoms with Crippen molar-refractivity contribution in [3.8, 4) is 11.5 Å². The van der Waals surface area contributed by atoms with Crippen LogP contribution in [0.15, 0.2) is 78.9 Å². The van der Waals surface area contributed by atoms with Crippen molar-refractivity contribution in [1.29, 1.82) is 0 Å². The zero-order valence-electron chi connectivity index (χ0n) is 16.9. The zero-order chi connectivity index (χ0) is 20.3. The van der Waals surface area contributed by atoms with Crippen LogP contribution in [0.5, 0.6) is 11.5 Å². The lowest BCUT2D eigenvalue weighted by atomic mass is 10.1. The molecule has 0 saturated carbocycles. The lowest BCUT2D eigenvalue weighted by molar-refractivity contribution is 0.161. The SMILES string of the molecule is COc1cccc(CNC[C@H](O)CCc2ccc(OCc3ccccc3)cc2)c1. The van der Waals surface area contributed by atoms with Gasteiger partial charge < -0.3 is 19.9 Å². The lowest BCUT2D eigenvalue weighted by Crippen LogP contribution is -2.26. The largest absolute Gasteiger partial charge is 0.497 e. The molecule has 0 spiro atoms. The molecule has 4 heteroatoms. The van der Waals surface area contributed by atoms with E-state index < -0.39 is 0 Å². The van der Waals surface area contributed by atoms with Gasteiger partial charge in [0.05, 0.1) is 13.2 Å². The second-order valence-corrected chi connectivity index (χ2v) is 7.09. The van der Waals surface area contributed by atoms with E-state index in [0.717, 1.165) is 35.5 Å². The van der Waals surface area contributed by atoms with E-state index in [1.165, 1.54) is 5.56 Å². The van der Waals surface area contributed by atoms with Gasteiger partial charge in [-0.3, -0.25) is 0 Å². The minimum atomic E-state index is -0.380. The molecule has 0 aliphatic rings. The molecule has 3 aromatic carbocycles. The van der Waals surface area contributed by atoms with Gasteiger partial charge in [0.1, 0.15) is 18.1 Å². The molecule has 0 aliphatic carbocycles. The van der Waals surface area contributed by atoms with Gasteiger partial charge in [-0.2, -0.15) is 0 Å². The maximum Gasteiger partial charge on any atom is 0.119 e. The van der Waals surface area contributed by atoms with Gasteiger partial charge in [-0.25, -0.2) is 0 Å². The van der Waals surface area contributed by atoms with Crippen molar-refractivity contribution >= 4 is 0 Å². The van der Waals surface area contributed by atoms with Crippen LogP contribution >= 0.6 is 0 Å². The average molecular weight is 392 g/mol. The van der Waals surface area contributed by atoms with Crippen LogP contribution in [-0.4, -0.2) is 24.9 Å². The standard InChI is InChI=1S/C25H29NO3/c1-28-25-9-5-8-22(16-25)17-26-18-23(27)13-10-20-11-14-24(15-12-20)29-19-21-6-3-2-4-7-21/h2-9,11-12,14-16,23,26-27H,10,13,17-19H2,1H3/t23-/m1/s1. The Kier molecular flexibility index (Phi) is 8.11. The highest BCUT2D eigenvalue weighted by molar-refractivity contribution is 5.29. The van der Waals surface area contributed by atoms with Crippen molar-refractivity contribution < 1.29 is 14.6 Å². The monoisotopic (exact) mass is 391 g/mol.